The molecule has 14 heavy (non-hydrogen) atoms. The molecule has 0 saturated heterocycles. The van der Waals surface area contributed by atoms with Crippen LogP contribution in [0.4, 0.5) is 0 Å². The van der Waals surface area contributed by atoms with E-state index in [1.807, 2.05) is 30.3 Å². The second kappa shape index (κ2) is 4.80. The molecule has 0 unspecified atom stereocenters. The molecule has 1 aromatic rings. The average molecular weight is 214 g/mol. The predicted octanol–water partition coefficient (Wildman–Crippen LogP) is 0.627. The van der Waals surface area contributed by atoms with Crippen LogP contribution in [-0.2, 0) is 6.54 Å². The minimum Gasteiger partial charge on any atom is -0.368 e. The Morgan fingerprint density at radius 2 is 1.93 bits per heavy atom. The van der Waals surface area contributed by atoms with E-state index in [1.165, 1.54) is 0 Å². The summed E-state index contributed by atoms with van der Waals surface area (Å²) in [6.45, 7) is 0.387. The van der Waals surface area contributed by atoms with Crippen LogP contribution >= 0.6 is 11.8 Å². The van der Waals surface area contributed by atoms with Crippen LogP contribution in [0, 0.1) is 5.41 Å². The standard InChI is InChI=1S/C8H12ClN5/c9-13(14(12)8(10)11)6-7-4-2-1-3-5-7/h1-5H,6,12H2,(H3,10,11). The topological polar surface area (TPSA) is 82.4 Å². The van der Waals surface area contributed by atoms with E-state index in [-0.39, 0.29) is 5.96 Å². The van der Waals surface area contributed by atoms with Crippen molar-refractivity contribution < 1.29 is 0 Å². The summed E-state index contributed by atoms with van der Waals surface area (Å²) in [5.41, 5.74) is 6.13. The van der Waals surface area contributed by atoms with Gasteiger partial charge in [-0.25, -0.2) is 5.84 Å². The van der Waals surface area contributed by atoms with Crippen molar-refractivity contribution in [1.29, 1.82) is 5.41 Å². The van der Waals surface area contributed by atoms with E-state index in [4.69, 9.17) is 28.8 Å². The molecule has 1 aromatic carbocycles. The van der Waals surface area contributed by atoms with Crippen LogP contribution in [0.2, 0.25) is 0 Å². The normalized spacial score (nSPS) is 10.2. The highest BCUT2D eigenvalue weighted by molar-refractivity contribution is 6.13. The van der Waals surface area contributed by atoms with Gasteiger partial charge in [-0.2, -0.15) is 5.12 Å². The number of rotatable bonds is 3. The molecule has 5 nitrogen and oxygen atoms in total. The highest BCUT2D eigenvalue weighted by Crippen LogP contribution is 2.06. The number of nitrogens with two attached hydrogens (primary N) is 2. The molecular formula is C8H12ClN5. The molecule has 0 fully saturated rings. The fourth-order valence-corrected chi connectivity index (χ4v) is 1.15. The van der Waals surface area contributed by atoms with Gasteiger partial charge in [0.2, 0.25) is 5.96 Å². The highest BCUT2D eigenvalue weighted by atomic mass is 35.5. The molecule has 0 spiro atoms. The van der Waals surface area contributed by atoms with Crippen molar-refractivity contribution in [3.63, 3.8) is 0 Å². The average Bonchev–Trinajstić information content (AvgIpc) is 2.18. The third kappa shape index (κ3) is 2.88. The zero-order chi connectivity index (χ0) is 10.6. The second-order valence-corrected chi connectivity index (χ2v) is 3.10. The van der Waals surface area contributed by atoms with Gasteiger partial charge in [0, 0.05) is 11.8 Å². The van der Waals surface area contributed by atoms with Gasteiger partial charge < -0.3 is 5.73 Å². The van der Waals surface area contributed by atoms with Crippen molar-refractivity contribution in [3.05, 3.63) is 35.9 Å². The van der Waals surface area contributed by atoms with Crippen molar-refractivity contribution in [1.82, 2.24) is 9.65 Å². The Morgan fingerprint density at radius 3 is 2.43 bits per heavy atom. The van der Waals surface area contributed by atoms with Crippen molar-refractivity contribution in [2.45, 2.75) is 6.54 Å². The molecule has 0 atom stereocenters. The molecule has 0 amide bonds. The molecule has 5 N–H and O–H groups in total. The van der Waals surface area contributed by atoms with E-state index in [0.717, 1.165) is 15.2 Å². The van der Waals surface area contributed by atoms with Crippen LogP contribution in [0.15, 0.2) is 30.3 Å². The first-order valence-corrected chi connectivity index (χ1v) is 4.31. The Kier molecular flexibility index (Phi) is 3.70. The Morgan fingerprint density at radius 1 is 1.36 bits per heavy atom. The summed E-state index contributed by atoms with van der Waals surface area (Å²) >= 11 is 5.77. The zero-order valence-electron chi connectivity index (χ0n) is 7.52. The van der Waals surface area contributed by atoms with Crippen molar-refractivity contribution in [2.24, 2.45) is 11.6 Å². The summed E-state index contributed by atoms with van der Waals surface area (Å²) in [7, 11) is 0. The summed E-state index contributed by atoms with van der Waals surface area (Å²) in [6.07, 6.45) is 0. The maximum Gasteiger partial charge on any atom is 0.219 e. The lowest BCUT2D eigenvalue weighted by molar-refractivity contribution is 0.144. The fourth-order valence-electron chi connectivity index (χ4n) is 0.927. The summed E-state index contributed by atoms with van der Waals surface area (Å²) in [5.74, 6) is 5.08. The van der Waals surface area contributed by atoms with Crippen molar-refractivity contribution in [3.8, 4) is 0 Å². The second-order valence-electron chi connectivity index (χ2n) is 2.71. The van der Waals surface area contributed by atoms with Crippen LogP contribution in [0.3, 0.4) is 0 Å². The molecule has 0 saturated carbocycles. The molecule has 1 rings (SSSR count). The smallest absolute Gasteiger partial charge is 0.219 e. The number of hydrogen-bond donors (Lipinski definition) is 3. The summed E-state index contributed by atoms with van der Waals surface area (Å²) in [6, 6.07) is 9.52. The van der Waals surface area contributed by atoms with Gasteiger partial charge in [-0.15, -0.1) is 4.53 Å². The molecule has 0 aliphatic carbocycles. The van der Waals surface area contributed by atoms with E-state index in [1.54, 1.807) is 0 Å². The van der Waals surface area contributed by atoms with Crippen LogP contribution in [0.25, 0.3) is 0 Å². The number of nitrogens with zero attached hydrogens (tertiary/aromatic N) is 2. The molecular weight excluding hydrogens is 202 g/mol. The fraction of sp³-hybridized carbons (Fsp3) is 0.125. The van der Waals surface area contributed by atoms with Crippen LogP contribution in [0.1, 0.15) is 5.56 Å². The number of guanidine groups is 1. The Hall–Kier alpha value is -1.30. The van der Waals surface area contributed by atoms with E-state index in [9.17, 15) is 0 Å². The van der Waals surface area contributed by atoms with Crippen LogP contribution in [0.5, 0.6) is 0 Å². The lowest BCUT2D eigenvalue weighted by Crippen LogP contribution is -2.49. The maximum atomic E-state index is 7.05. The predicted molar refractivity (Wildman–Crippen MR) is 55.8 cm³/mol. The molecule has 0 bridgehead atoms. The third-order valence-corrected chi connectivity index (χ3v) is 1.92. The first-order valence-electron chi connectivity index (χ1n) is 3.97. The first kappa shape index (κ1) is 10.8. The summed E-state index contributed by atoms with van der Waals surface area (Å²) in [5, 5.41) is 7.92. The quantitative estimate of drug-likeness (QED) is 0.226. The SMILES string of the molecule is N=C(N)N(N)N(Cl)Cc1ccccc1. The van der Waals surface area contributed by atoms with Crippen LogP contribution < -0.4 is 11.6 Å². The van der Waals surface area contributed by atoms with Gasteiger partial charge in [0.15, 0.2) is 0 Å². The van der Waals surface area contributed by atoms with Crippen LogP contribution in [-0.4, -0.2) is 15.6 Å². The molecule has 0 heterocycles. The molecule has 0 radical (unpaired) electrons. The Bertz CT molecular complexity index is 302. The minimum atomic E-state index is -0.309. The maximum absolute atomic E-state index is 7.05. The summed E-state index contributed by atoms with van der Waals surface area (Å²) < 4.78 is 1.14. The number of benzene rings is 1. The molecule has 0 aromatic heterocycles. The molecule has 0 aliphatic rings. The van der Waals surface area contributed by atoms with E-state index in [2.05, 4.69) is 0 Å². The largest absolute Gasteiger partial charge is 0.368 e. The van der Waals surface area contributed by atoms with Gasteiger partial charge in [-0.1, -0.05) is 30.3 Å². The van der Waals surface area contributed by atoms with E-state index < -0.39 is 0 Å². The number of halogens is 1. The van der Waals surface area contributed by atoms with Gasteiger partial charge in [0.25, 0.3) is 0 Å². The monoisotopic (exact) mass is 213 g/mol. The van der Waals surface area contributed by atoms with Crippen molar-refractivity contribution in [2.75, 3.05) is 0 Å². The number of hydrogen-bond acceptors (Lipinski definition) is 3. The Labute approximate surface area is 87.4 Å². The van der Waals surface area contributed by atoms with Gasteiger partial charge in [-0.05, 0) is 5.56 Å². The third-order valence-electron chi connectivity index (χ3n) is 1.64. The van der Waals surface area contributed by atoms with Gasteiger partial charge in [0.1, 0.15) is 0 Å². The lowest BCUT2D eigenvalue weighted by atomic mass is 10.2. The molecule has 6 heteroatoms. The number of nitrogens with one attached hydrogen (secondary N) is 1. The molecule has 76 valence electrons. The van der Waals surface area contributed by atoms with Gasteiger partial charge in [-0.3, -0.25) is 5.41 Å². The number of hydrazine groups is 2. The first-order chi connectivity index (χ1) is 6.61. The lowest BCUT2D eigenvalue weighted by Gasteiger charge is -2.24. The summed E-state index contributed by atoms with van der Waals surface area (Å²) in [4.78, 5) is 0. The van der Waals surface area contributed by atoms with Gasteiger partial charge >= 0.3 is 0 Å². The minimum absolute atomic E-state index is 0.309. The molecule has 0 aliphatic heterocycles. The highest BCUT2D eigenvalue weighted by Gasteiger charge is 2.10. The van der Waals surface area contributed by atoms with Crippen molar-refractivity contribution >= 4 is 17.7 Å². The Balaban J connectivity index is 2.57. The zero-order valence-corrected chi connectivity index (χ0v) is 8.28. The van der Waals surface area contributed by atoms with Gasteiger partial charge in [0.05, 0.1) is 6.54 Å². The van der Waals surface area contributed by atoms with E-state index >= 15 is 0 Å². The van der Waals surface area contributed by atoms with E-state index in [0.29, 0.717) is 6.54 Å².